The summed E-state index contributed by atoms with van der Waals surface area (Å²) in [7, 11) is 0. The molecule has 3 aromatic rings. The quantitative estimate of drug-likeness (QED) is 0.703. The van der Waals surface area contributed by atoms with Gasteiger partial charge in [0.2, 0.25) is 0 Å². The number of para-hydroxylation sites is 2. The van der Waals surface area contributed by atoms with Gasteiger partial charge in [-0.2, -0.15) is 5.26 Å². The molecule has 1 heterocycles. The minimum Gasteiger partial charge on any atom is -0.360 e. The van der Waals surface area contributed by atoms with Gasteiger partial charge in [0, 0.05) is 11.9 Å². The van der Waals surface area contributed by atoms with Crippen LogP contribution in [-0.4, -0.2) is 9.97 Å². The Morgan fingerprint density at radius 3 is 2.79 bits per heavy atom. The van der Waals surface area contributed by atoms with E-state index in [1.807, 2.05) is 24.3 Å². The smallest absolute Gasteiger partial charge is 0.150 e. The molecule has 4 nitrogen and oxygen atoms in total. The summed E-state index contributed by atoms with van der Waals surface area (Å²) >= 11 is 0. The van der Waals surface area contributed by atoms with Crippen molar-refractivity contribution in [2.45, 2.75) is 25.7 Å². The highest BCUT2D eigenvalue weighted by atomic mass is 14.9. The van der Waals surface area contributed by atoms with Crippen LogP contribution in [0.1, 0.15) is 29.8 Å². The molecule has 0 amide bonds. The first-order chi connectivity index (χ1) is 11.8. The molecule has 4 heteroatoms. The fourth-order valence-corrected chi connectivity index (χ4v) is 3.21. The normalized spacial score (nSPS) is 14.2. The summed E-state index contributed by atoms with van der Waals surface area (Å²) in [5.41, 5.74) is 6.17. The first-order valence-electron chi connectivity index (χ1n) is 8.27. The molecule has 0 saturated carbocycles. The molecule has 1 aromatic heterocycles. The zero-order valence-corrected chi connectivity index (χ0v) is 13.3. The molecule has 0 aliphatic heterocycles. The average molecular weight is 314 g/mol. The molecule has 0 atom stereocenters. The predicted octanol–water partition coefficient (Wildman–Crippen LogP) is 4.42. The predicted molar refractivity (Wildman–Crippen MR) is 96.4 cm³/mol. The third-order valence-electron chi connectivity index (χ3n) is 4.50. The molecule has 0 spiro atoms. The second kappa shape index (κ2) is 6.21. The third kappa shape index (κ3) is 2.77. The van der Waals surface area contributed by atoms with E-state index in [1.165, 1.54) is 30.4 Å². The van der Waals surface area contributed by atoms with Gasteiger partial charge in [0.15, 0.2) is 5.82 Å². The van der Waals surface area contributed by atoms with Crippen molar-refractivity contribution >= 4 is 22.3 Å². The van der Waals surface area contributed by atoms with Gasteiger partial charge < -0.3 is 10.3 Å². The molecule has 118 valence electrons. The van der Waals surface area contributed by atoms with Crippen molar-refractivity contribution in [3.05, 3.63) is 65.6 Å². The van der Waals surface area contributed by atoms with Gasteiger partial charge in [0.05, 0.1) is 11.0 Å². The molecule has 2 N–H and O–H groups in total. The van der Waals surface area contributed by atoms with E-state index < -0.39 is 0 Å². The second-order valence-corrected chi connectivity index (χ2v) is 6.11. The lowest BCUT2D eigenvalue weighted by Gasteiger charge is -2.16. The number of benzene rings is 2. The minimum atomic E-state index is 0.490. The van der Waals surface area contributed by atoms with E-state index in [4.69, 9.17) is 0 Å². The van der Waals surface area contributed by atoms with E-state index in [2.05, 4.69) is 39.6 Å². The van der Waals surface area contributed by atoms with Crippen LogP contribution in [-0.2, 0) is 12.8 Å². The van der Waals surface area contributed by atoms with Gasteiger partial charge in [-0.05, 0) is 61.1 Å². The van der Waals surface area contributed by atoms with Crippen molar-refractivity contribution in [2.24, 2.45) is 0 Å². The molecule has 24 heavy (non-hydrogen) atoms. The molecule has 0 fully saturated rings. The van der Waals surface area contributed by atoms with E-state index in [0.717, 1.165) is 23.1 Å². The summed E-state index contributed by atoms with van der Waals surface area (Å²) in [5, 5.41) is 12.7. The van der Waals surface area contributed by atoms with E-state index in [0.29, 0.717) is 11.4 Å². The van der Waals surface area contributed by atoms with Gasteiger partial charge in [-0.1, -0.05) is 18.2 Å². The lowest BCUT2D eigenvalue weighted by Crippen LogP contribution is -2.03. The zero-order chi connectivity index (χ0) is 16.4. The summed E-state index contributed by atoms with van der Waals surface area (Å²) in [6.45, 7) is 0. The Bertz CT molecular complexity index is 926. The number of nitriles is 1. The van der Waals surface area contributed by atoms with Crippen molar-refractivity contribution < 1.29 is 0 Å². The number of imidazole rings is 1. The molecule has 0 bridgehead atoms. The summed E-state index contributed by atoms with van der Waals surface area (Å²) in [6, 6.07) is 16.5. The maximum atomic E-state index is 9.46. The number of hydrogen-bond donors (Lipinski definition) is 2. The van der Waals surface area contributed by atoms with Crippen LogP contribution in [0.25, 0.3) is 16.6 Å². The molecular weight excluding hydrogens is 296 g/mol. The van der Waals surface area contributed by atoms with E-state index >= 15 is 0 Å². The fraction of sp³-hybridized carbons (Fsp3) is 0.200. The van der Waals surface area contributed by atoms with Crippen LogP contribution in [0.5, 0.6) is 0 Å². The van der Waals surface area contributed by atoms with Crippen LogP contribution in [0.2, 0.25) is 0 Å². The van der Waals surface area contributed by atoms with Crippen LogP contribution < -0.4 is 5.32 Å². The number of aromatic amines is 1. The van der Waals surface area contributed by atoms with E-state index in [-0.39, 0.29) is 0 Å². The molecule has 1 aliphatic rings. The molecule has 0 saturated heterocycles. The Labute approximate surface area is 140 Å². The van der Waals surface area contributed by atoms with Crippen LogP contribution in [0, 0.1) is 11.3 Å². The van der Waals surface area contributed by atoms with Crippen molar-refractivity contribution in [1.82, 2.24) is 9.97 Å². The van der Waals surface area contributed by atoms with Crippen molar-refractivity contribution in [1.29, 1.82) is 5.26 Å². The number of H-pyrrole nitrogens is 1. The minimum absolute atomic E-state index is 0.490. The fourth-order valence-electron chi connectivity index (χ4n) is 3.21. The van der Waals surface area contributed by atoms with Gasteiger partial charge in [-0.3, -0.25) is 0 Å². The summed E-state index contributed by atoms with van der Waals surface area (Å²) in [6.07, 6.45) is 6.58. The summed E-state index contributed by atoms with van der Waals surface area (Å²) in [5.74, 6) is 0.587. The molecule has 4 rings (SSSR count). The topological polar surface area (TPSA) is 64.5 Å². The highest BCUT2D eigenvalue weighted by molar-refractivity contribution is 5.82. The number of nitrogens with one attached hydrogen (secondary N) is 2. The standard InChI is InChI=1S/C20H18N4/c21-12-16(20-23-18-7-3-4-8-19(18)24-20)13-22-17-10-9-14-5-1-2-6-15(14)11-17/h3-4,7-11,13,22H,1-2,5-6H2,(H,23,24)/b16-13+. The molecular formula is C20H18N4. The van der Waals surface area contributed by atoms with Crippen molar-refractivity contribution in [3.63, 3.8) is 0 Å². The van der Waals surface area contributed by atoms with Gasteiger partial charge >= 0.3 is 0 Å². The summed E-state index contributed by atoms with van der Waals surface area (Å²) < 4.78 is 0. The third-order valence-corrected chi connectivity index (χ3v) is 4.50. The first kappa shape index (κ1) is 14.5. The van der Waals surface area contributed by atoms with Gasteiger partial charge in [0.25, 0.3) is 0 Å². The molecule has 0 unspecified atom stereocenters. The number of aryl methyl sites for hydroxylation is 2. The van der Waals surface area contributed by atoms with Gasteiger partial charge in [-0.25, -0.2) is 4.98 Å². The number of hydrogen-bond acceptors (Lipinski definition) is 3. The van der Waals surface area contributed by atoms with Crippen molar-refractivity contribution in [3.8, 4) is 6.07 Å². The Morgan fingerprint density at radius 1 is 1.12 bits per heavy atom. The van der Waals surface area contributed by atoms with Gasteiger partial charge in [0.1, 0.15) is 11.6 Å². The molecule has 0 radical (unpaired) electrons. The van der Waals surface area contributed by atoms with Crippen LogP contribution in [0.4, 0.5) is 5.69 Å². The highest BCUT2D eigenvalue weighted by Crippen LogP contribution is 2.24. The number of fused-ring (bicyclic) bond motifs is 2. The largest absolute Gasteiger partial charge is 0.360 e. The Morgan fingerprint density at radius 2 is 1.96 bits per heavy atom. The van der Waals surface area contributed by atoms with Crippen LogP contribution in [0.15, 0.2) is 48.7 Å². The molecule has 1 aliphatic carbocycles. The Kier molecular flexibility index (Phi) is 3.76. The number of nitrogens with zero attached hydrogens (tertiary/aromatic N) is 2. The SMILES string of the molecule is N#C/C(=C\Nc1ccc2c(c1)CCCC2)c1nc2ccccc2[nH]1. The zero-order valence-electron chi connectivity index (χ0n) is 13.3. The number of anilines is 1. The second-order valence-electron chi connectivity index (χ2n) is 6.11. The maximum absolute atomic E-state index is 9.46. The maximum Gasteiger partial charge on any atom is 0.150 e. The Hall–Kier alpha value is -3.06. The first-order valence-corrected chi connectivity index (χ1v) is 8.27. The van der Waals surface area contributed by atoms with E-state index in [1.54, 1.807) is 6.20 Å². The number of rotatable bonds is 3. The highest BCUT2D eigenvalue weighted by Gasteiger charge is 2.10. The average Bonchev–Trinajstić information content (AvgIpc) is 3.06. The lowest BCUT2D eigenvalue weighted by atomic mass is 9.91. The van der Waals surface area contributed by atoms with Gasteiger partial charge in [-0.15, -0.1) is 0 Å². The Balaban J connectivity index is 1.60. The molecule has 2 aromatic carbocycles. The number of allylic oxidation sites excluding steroid dienone is 1. The van der Waals surface area contributed by atoms with Crippen molar-refractivity contribution in [2.75, 3.05) is 5.32 Å². The number of aromatic nitrogens is 2. The van der Waals surface area contributed by atoms with E-state index in [9.17, 15) is 5.26 Å². The van der Waals surface area contributed by atoms with Crippen LogP contribution in [0.3, 0.4) is 0 Å². The lowest BCUT2D eigenvalue weighted by molar-refractivity contribution is 0.686. The van der Waals surface area contributed by atoms with Crippen LogP contribution >= 0.6 is 0 Å². The monoisotopic (exact) mass is 314 g/mol. The summed E-state index contributed by atoms with van der Waals surface area (Å²) in [4.78, 5) is 7.67.